The van der Waals surface area contributed by atoms with Gasteiger partial charge >= 0.3 is 0 Å². The van der Waals surface area contributed by atoms with Crippen molar-refractivity contribution >= 4 is 11.9 Å². The maximum absolute atomic E-state index is 10.2. The van der Waals surface area contributed by atoms with Gasteiger partial charge in [0.2, 0.25) is 0 Å². The largest absolute Gasteiger partial charge is 0.545 e. The standard InChI is InChI=1S/2C7H7NO2.2CH4.Y/c2*1-8-4-2-3-6(5-8)7(9)10;;;/h2*2-5H,1H3;2*1H4;. The second-order valence-electron chi connectivity index (χ2n) is 4.09. The molecule has 0 aromatic carbocycles. The molecule has 0 unspecified atom stereocenters. The van der Waals surface area contributed by atoms with Crippen molar-refractivity contribution in [1.29, 1.82) is 0 Å². The molecule has 0 aliphatic carbocycles. The molecule has 0 aliphatic rings. The predicted octanol–water partition coefficient (Wildman–Crippen LogP) is -0.981. The van der Waals surface area contributed by atoms with Crippen LogP contribution in [0.3, 0.4) is 0 Å². The minimum atomic E-state index is -1.14. The van der Waals surface area contributed by atoms with Gasteiger partial charge in [-0.2, -0.15) is 0 Å². The number of pyridine rings is 2. The molecular weight excluding hydrogens is 373 g/mol. The number of hydrogen-bond acceptors (Lipinski definition) is 4. The number of rotatable bonds is 2. The smallest absolute Gasteiger partial charge is 0.177 e. The Morgan fingerprint density at radius 1 is 0.826 bits per heavy atom. The Kier molecular flexibility index (Phi) is 14.7. The van der Waals surface area contributed by atoms with Crippen LogP contribution >= 0.6 is 0 Å². The van der Waals surface area contributed by atoms with Gasteiger partial charge in [0.15, 0.2) is 24.8 Å². The minimum absolute atomic E-state index is 0. The number of hydrogen-bond donors (Lipinski definition) is 0. The molecule has 0 fully saturated rings. The Morgan fingerprint density at radius 3 is 1.30 bits per heavy atom. The van der Waals surface area contributed by atoms with E-state index in [4.69, 9.17) is 0 Å². The van der Waals surface area contributed by atoms with Crippen LogP contribution in [0.2, 0.25) is 0 Å². The van der Waals surface area contributed by atoms with E-state index < -0.39 is 11.9 Å². The van der Waals surface area contributed by atoms with E-state index in [-0.39, 0.29) is 58.7 Å². The van der Waals surface area contributed by atoms with Crippen molar-refractivity contribution in [3.8, 4) is 0 Å². The van der Waals surface area contributed by atoms with Gasteiger partial charge in [0.1, 0.15) is 14.1 Å². The molecule has 0 N–H and O–H groups in total. The van der Waals surface area contributed by atoms with Crippen LogP contribution < -0.4 is 19.3 Å². The molecule has 2 heterocycles. The molecule has 0 saturated heterocycles. The topological polar surface area (TPSA) is 88.0 Å². The van der Waals surface area contributed by atoms with E-state index in [0.717, 1.165) is 0 Å². The Balaban J connectivity index is -0.000000308. The van der Waals surface area contributed by atoms with Crippen LogP contribution in [0.4, 0.5) is 0 Å². The summed E-state index contributed by atoms with van der Waals surface area (Å²) < 4.78 is 3.32. The maximum Gasteiger partial charge on any atom is 0.177 e. The predicted molar refractivity (Wildman–Crippen MR) is 77.4 cm³/mol. The van der Waals surface area contributed by atoms with Gasteiger partial charge in [0.05, 0.1) is 23.1 Å². The summed E-state index contributed by atoms with van der Waals surface area (Å²) >= 11 is 0. The molecular formula is C16H22N2O4Y. The SMILES string of the molecule is C.C.C[n+]1cccc(C(=O)[O-])c1.C[n+]1cccc(C(=O)[O-])c1.[Y]. The van der Waals surface area contributed by atoms with Gasteiger partial charge in [0, 0.05) is 44.8 Å². The van der Waals surface area contributed by atoms with Gasteiger partial charge in [-0.3, -0.25) is 0 Å². The number of carbonyl (C=O) groups excluding carboxylic acids is 2. The summed E-state index contributed by atoms with van der Waals surface area (Å²) in [6.07, 6.45) is 6.50. The van der Waals surface area contributed by atoms with Crippen molar-refractivity contribution in [2.45, 2.75) is 14.9 Å². The van der Waals surface area contributed by atoms with Crippen molar-refractivity contribution < 1.29 is 61.6 Å². The van der Waals surface area contributed by atoms with E-state index in [2.05, 4.69) is 0 Å². The molecule has 0 spiro atoms. The van der Waals surface area contributed by atoms with Crippen molar-refractivity contribution in [1.82, 2.24) is 0 Å². The third-order valence-corrected chi connectivity index (χ3v) is 2.35. The first kappa shape index (κ1) is 26.3. The van der Waals surface area contributed by atoms with Crippen molar-refractivity contribution in [2.24, 2.45) is 14.1 Å². The monoisotopic (exact) mass is 395 g/mol. The third-order valence-electron chi connectivity index (χ3n) is 2.35. The number of carboxylic acid groups (broad SMARTS) is 2. The number of carbonyl (C=O) groups is 2. The molecule has 0 bridgehead atoms. The first-order valence-electron chi connectivity index (χ1n) is 5.73. The number of aromatic nitrogens is 2. The second-order valence-corrected chi connectivity index (χ2v) is 4.09. The zero-order chi connectivity index (χ0) is 15.1. The Labute approximate surface area is 162 Å². The van der Waals surface area contributed by atoms with Crippen LogP contribution in [-0.4, -0.2) is 11.9 Å². The molecule has 2 aromatic heterocycles. The summed E-state index contributed by atoms with van der Waals surface area (Å²) in [5.74, 6) is -2.28. The van der Waals surface area contributed by atoms with Crippen molar-refractivity contribution in [2.75, 3.05) is 0 Å². The minimum Gasteiger partial charge on any atom is -0.545 e. The third kappa shape index (κ3) is 9.86. The zero-order valence-electron chi connectivity index (χ0n) is 11.7. The fourth-order valence-corrected chi connectivity index (χ4v) is 1.42. The van der Waals surface area contributed by atoms with Crippen molar-refractivity contribution in [3.05, 3.63) is 60.2 Å². The Hall–Kier alpha value is -1.66. The fourth-order valence-electron chi connectivity index (χ4n) is 1.42. The van der Waals surface area contributed by atoms with Crippen LogP contribution in [0, 0.1) is 0 Å². The Bertz CT molecular complexity index is 577. The first-order chi connectivity index (χ1) is 9.40. The molecule has 0 aliphatic heterocycles. The van der Waals surface area contributed by atoms with Gasteiger partial charge in [0.25, 0.3) is 0 Å². The molecule has 2 rings (SSSR count). The quantitative estimate of drug-likeness (QED) is 0.612. The van der Waals surface area contributed by atoms with Crippen LogP contribution in [0.1, 0.15) is 35.6 Å². The summed E-state index contributed by atoms with van der Waals surface area (Å²) in [7, 11) is 3.51. The number of carboxylic acids is 2. The number of aryl methyl sites for hydroxylation is 2. The summed E-state index contributed by atoms with van der Waals surface area (Å²) in [6.45, 7) is 0. The number of nitrogens with zero attached hydrogens (tertiary/aromatic N) is 2. The number of aromatic carboxylic acids is 2. The molecule has 0 amide bonds. The molecule has 0 saturated carbocycles. The van der Waals surface area contributed by atoms with E-state index in [9.17, 15) is 19.8 Å². The average Bonchev–Trinajstić information content (AvgIpc) is 2.39. The van der Waals surface area contributed by atoms with Crippen LogP contribution in [-0.2, 0) is 46.8 Å². The van der Waals surface area contributed by atoms with E-state index in [0.29, 0.717) is 0 Å². The molecule has 2 aromatic rings. The van der Waals surface area contributed by atoms with Crippen LogP contribution in [0.25, 0.3) is 0 Å². The Morgan fingerprint density at radius 2 is 1.13 bits per heavy atom. The molecule has 1 radical (unpaired) electrons. The fraction of sp³-hybridized carbons (Fsp3) is 0.250. The summed E-state index contributed by atoms with van der Waals surface area (Å²) in [6, 6.07) is 6.31. The van der Waals surface area contributed by atoms with Crippen LogP contribution in [0.5, 0.6) is 0 Å². The average molecular weight is 395 g/mol. The molecule has 0 atom stereocenters. The van der Waals surface area contributed by atoms with E-state index in [1.165, 1.54) is 24.5 Å². The van der Waals surface area contributed by atoms with E-state index in [1.807, 2.05) is 0 Å². The van der Waals surface area contributed by atoms with Gasteiger partial charge in [-0.25, -0.2) is 9.13 Å². The normalized spacial score (nSPS) is 8.09. The summed E-state index contributed by atoms with van der Waals surface area (Å²) in [5, 5.41) is 20.5. The summed E-state index contributed by atoms with van der Waals surface area (Å²) in [5.41, 5.74) is 0.398. The second kappa shape index (κ2) is 12.8. The van der Waals surface area contributed by atoms with Gasteiger partial charge in [-0.1, -0.05) is 14.9 Å². The van der Waals surface area contributed by atoms with Gasteiger partial charge in [-0.15, -0.1) is 0 Å². The molecule has 123 valence electrons. The van der Waals surface area contributed by atoms with Crippen LogP contribution in [0.15, 0.2) is 49.1 Å². The van der Waals surface area contributed by atoms with E-state index in [1.54, 1.807) is 47.8 Å². The molecule has 7 heteroatoms. The first-order valence-corrected chi connectivity index (χ1v) is 5.73. The van der Waals surface area contributed by atoms with Gasteiger partial charge < -0.3 is 19.8 Å². The van der Waals surface area contributed by atoms with Gasteiger partial charge in [-0.05, 0) is 12.1 Å². The summed E-state index contributed by atoms with van der Waals surface area (Å²) in [4.78, 5) is 20.5. The maximum atomic E-state index is 10.2. The zero-order valence-corrected chi connectivity index (χ0v) is 14.6. The molecule has 23 heavy (non-hydrogen) atoms. The van der Waals surface area contributed by atoms with Crippen molar-refractivity contribution in [3.63, 3.8) is 0 Å². The van der Waals surface area contributed by atoms with E-state index >= 15 is 0 Å². The molecule has 6 nitrogen and oxygen atoms in total.